The maximum atomic E-state index is 12.8. The number of benzene rings is 1. The predicted molar refractivity (Wildman–Crippen MR) is 50.6 cm³/mol. The van der Waals surface area contributed by atoms with E-state index < -0.39 is 54.2 Å². The van der Waals surface area contributed by atoms with E-state index in [0.29, 0.717) is 12.1 Å². The van der Waals surface area contributed by atoms with Crippen molar-refractivity contribution in [2.45, 2.75) is 25.4 Å². The largest absolute Gasteiger partial charge is 0.389 e. The van der Waals surface area contributed by atoms with Crippen LogP contribution in [0.3, 0.4) is 0 Å². The van der Waals surface area contributed by atoms with Gasteiger partial charge in [-0.1, -0.05) is 0 Å². The van der Waals surface area contributed by atoms with Crippen LogP contribution in [0.4, 0.5) is 26.3 Å². The summed E-state index contributed by atoms with van der Waals surface area (Å²) in [6, 6.07) is 0.933. The molecule has 0 radical (unpaired) electrons. The first-order chi connectivity index (χ1) is 8.20. The zero-order chi connectivity index (χ0) is 13.9. The first-order valence-electron chi connectivity index (χ1n) is 4.95. The number of hydrogen-bond donors (Lipinski definition) is 0. The molecule has 0 aliphatic heterocycles. The van der Waals surface area contributed by atoms with Crippen molar-refractivity contribution in [1.82, 2.24) is 0 Å². The quantitative estimate of drug-likeness (QED) is 0.459. The van der Waals surface area contributed by atoms with Crippen LogP contribution in [0.1, 0.15) is 29.6 Å². The highest BCUT2D eigenvalue weighted by Gasteiger charge is 2.26. The van der Waals surface area contributed by atoms with Gasteiger partial charge in [0.05, 0.1) is 0 Å². The molecule has 1 nitrogen and oxygen atoms in total. The topological polar surface area (TPSA) is 17.1 Å². The molecular formula is C11H8F6O. The summed E-state index contributed by atoms with van der Waals surface area (Å²) in [5, 5.41) is 0. The standard InChI is InChI=1S/C11H8F6O/c12-7-4-6(5-8(13)10(7)14)9(18)2-1-3-11(15,16)17/h4-5H,1-3H2. The van der Waals surface area contributed by atoms with Crippen molar-refractivity contribution in [3.8, 4) is 0 Å². The van der Waals surface area contributed by atoms with Gasteiger partial charge in [0.25, 0.3) is 0 Å². The Bertz CT molecular complexity index is 428. The van der Waals surface area contributed by atoms with E-state index in [4.69, 9.17) is 0 Å². The van der Waals surface area contributed by atoms with Crippen LogP contribution in [0.5, 0.6) is 0 Å². The summed E-state index contributed by atoms with van der Waals surface area (Å²) in [5.74, 6) is -5.68. The van der Waals surface area contributed by atoms with Gasteiger partial charge in [0.15, 0.2) is 23.2 Å². The van der Waals surface area contributed by atoms with Crippen molar-refractivity contribution in [2.24, 2.45) is 0 Å². The van der Waals surface area contributed by atoms with Crippen LogP contribution < -0.4 is 0 Å². The van der Waals surface area contributed by atoms with Crippen molar-refractivity contribution in [3.05, 3.63) is 35.1 Å². The van der Waals surface area contributed by atoms with Gasteiger partial charge in [0.1, 0.15) is 0 Å². The molecule has 0 bridgehead atoms. The van der Waals surface area contributed by atoms with E-state index in [2.05, 4.69) is 0 Å². The van der Waals surface area contributed by atoms with Crippen LogP contribution in [-0.4, -0.2) is 12.0 Å². The highest BCUT2D eigenvalue weighted by atomic mass is 19.4. The Morgan fingerprint density at radius 2 is 1.56 bits per heavy atom. The first kappa shape index (κ1) is 14.5. The van der Waals surface area contributed by atoms with Crippen LogP contribution in [0, 0.1) is 17.5 Å². The molecule has 18 heavy (non-hydrogen) atoms. The molecule has 1 rings (SSSR count). The Morgan fingerprint density at radius 1 is 1.06 bits per heavy atom. The maximum absolute atomic E-state index is 12.8. The molecule has 0 aromatic heterocycles. The lowest BCUT2D eigenvalue weighted by Crippen LogP contribution is -2.09. The Labute approximate surface area is 98.4 Å². The minimum Gasteiger partial charge on any atom is -0.294 e. The second kappa shape index (κ2) is 5.41. The minimum absolute atomic E-state index is 0.467. The molecule has 7 heteroatoms. The summed E-state index contributed by atoms with van der Waals surface area (Å²) in [4.78, 5) is 11.3. The summed E-state index contributed by atoms with van der Waals surface area (Å²) in [5.41, 5.74) is -0.478. The smallest absolute Gasteiger partial charge is 0.294 e. The van der Waals surface area contributed by atoms with Crippen molar-refractivity contribution in [2.75, 3.05) is 0 Å². The SMILES string of the molecule is O=C(CCCC(F)(F)F)c1cc(F)c(F)c(F)c1. The Morgan fingerprint density at radius 3 is 2.00 bits per heavy atom. The second-order valence-electron chi connectivity index (χ2n) is 3.65. The molecule has 100 valence electrons. The molecule has 0 aliphatic rings. The molecule has 1 aromatic carbocycles. The molecule has 0 N–H and O–H groups in total. The number of rotatable bonds is 4. The van der Waals surface area contributed by atoms with Gasteiger partial charge in [-0.25, -0.2) is 13.2 Å². The number of halogens is 6. The predicted octanol–water partition coefficient (Wildman–Crippen LogP) is 4.02. The summed E-state index contributed by atoms with van der Waals surface area (Å²) in [7, 11) is 0. The molecule has 0 aliphatic carbocycles. The molecule has 0 heterocycles. The molecule has 0 saturated carbocycles. The lowest BCUT2D eigenvalue weighted by atomic mass is 10.0. The number of carbonyl (C=O) groups excluding carboxylic acids is 1. The van der Waals surface area contributed by atoms with Crippen LogP contribution >= 0.6 is 0 Å². The highest BCUT2D eigenvalue weighted by molar-refractivity contribution is 5.96. The number of Topliss-reactive ketones (excluding diaryl/α,β-unsaturated/α-hetero) is 1. The summed E-state index contributed by atoms with van der Waals surface area (Å²) >= 11 is 0. The van der Waals surface area contributed by atoms with Crippen molar-refractivity contribution >= 4 is 5.78 Å². The number of alkyl halides is 3. The molecule has 0 fully saturated rings. The van der Waals surface area contributed by atoms with Gasteiger partial charge < -0.3 is 0 Å². The summed E-state index contributed by atoms with van der Waals surface area (Å²) < 4.78 is 73.5. The van der Waals surface area contributed by atoms with E-state index in [1.807, 2.05) is 0 Å². The fraction of sp³-hybridized carbons (Fsp3) is 0.364. The maximum Gasteiger partial charge on any atom is 0.389 e. The zero-order valence-electron chi connectivity index (χ0n) is 8.95. The van der Waals surface area contributed by atoms with Gasteiger partial charge in [-0.05, 0) is 18.6 Å². The van der Waals surface area contributed by atoms with Gasteiger partial charge in [-0.2, -0.15) is 13.2 Å². The lowest BCUT2D eigenvalue weighted by molar-refractivity contribution is -0.135. The van der Waals surface area contributed by atoms with Gasteiger partial charge in [0, 0.05) is 18.4 Å². The molecule has 1 aromatic rings. The third-order valence-corrected chi connectivity index (χ3v) is 2.17. The van der Waals surface area contributed by atoms with Gasteiger partial charge >= 0.3 is 6.18 Å². The fourth-order valence-corrected chi connectivity index (χ4v) is 1.31. The number of hydrogen-bond acceptors (Lipinski definition) is 1. The monoisotopic (exact) mass is 270 g/mol. The minimum atomic E-state index is -4.39. The third kappa shape index (κ3) is 4.05. The molecule has 0 spiro atoms. The van der Waals surface area contributed by atoms with Crippen molar-refractivity contribution in [1.29, 1.82) is 0 Å². The number of ketones is 1. The van der Waals surface area contributed by atoms with Crippen LogP contribution in [-0.2, 0) is 0 Å². The van der Waals surface area contributed by atoms with Crippen molar-refractivity contribution in [3.63, 3.8) is 0 Å². The van der Waals surface area contributed by atoms with Crippen molar-refractivity contribution < 1.29 is 31.1 Å². The normalized spacial score (nSPS) is 11.7. The molecular weight excluding hydrogens is 262 g/mol. The Balaban J connectivity index is 2.68. The first-order valence-corrected chi connectivity index (χ1v) is 4.95. The Kier molecular flexibility index (Phi) is 4.37. The lowest BCUT2D eigenvalue weighted by Gasteiger charge is -2.06. The van der Waals surface area contributed by atoms with E-state index in [0.717, 1.165) is 0 Å². The van der Waals surface area contributed by atoms with E-state index >= 15 is 0 Å². The highest BCUT2D eigenvalue weighted by Crippen LogP contribution is 2.23. The van der Waals surface area contributed by atoms with E-state index in [-0.39, 0.29) is 0 Å². The number of carbonyl (C=O) groups is 1. The van der Waals surface area contributed by atoms with Crippen LogP contribution in [0.15, 0.2) is 12.1 Å². The van der Waals surface area contributed by atoms with Crippen LogP contribution in [0.2, 0.25) is 0 Å². The molecule has 0 unspecified atom stereocenters. The van der Waals surface area contributed by atoms with E-state index in [1.54, 1.807) is 0 Å². The van der Waals surface area contributed by atoms with Crippen LogP contribution in [0.25, 0.3) is 0 Å². The zero-order valence-corrected chi connectivity index (χ0v) is 8.95. The fourth-order valence-electron chi connectivity index (χ4n) is 1.31. The second-order valence-corrected chi connectivity index (χ2v) is 3.65. The van der Waals surface area contributed by atoms with Gasteiger partial charge in [-0.3, -0.25) is 4.79 Å². The third-order valence-electron chi connectivity index (χ3n) is 2.17. The van der Waals surface area contributed by atoms with E-state index in [9.17, 15) is 31.1 Å². The molecule has 0 amide bonds. The average Bonchev–Trinajstić information content (AvgIpc) is 2.23. The average molecular weight is 270 g/mol. The summed E-state index contributed by atoms with van der Waals surface area (Å²) in [6.07, 6.45) is -6.54. The molecule has 0 saturated heterocycles. The molecule has 0 atom stereocenters. The van der Waals surface area contributed by atoms with E-state index in [1.165, 1.54) is 0 Å². The summed E-state index contributed by atoms with van der Waals surface area (Å²) in [6.45, 7) is 0. The van der Waals surface area contributed by atoms with Gasteiger partial charge in [-0.15, -0.1) is 0 Å². The van der Waals surface area contributed by atoms with Gasteiger partial charge in [0.2, 0.25) is 0 Å². The Hall–Kier alpha value is -1.53.